The van der Waals surface area contributed by atoms with Crippen LogP contribution >= 0.6 is 11.8 Å². The lowest BCUT2D eigenvalue weighted by Gasteiger charge is -2.18. The first-order valence-electron chi connectivity index (χ1n) is 10.9. The fourth-order valence-electron chi connectivity index (χ4n) is 3.35. The standard InChI is InChI=1S/C27H27N3O3S/c1-27(2,3)21-11-7-19(8-12-21)16-24-25(31)30(18-23-6-5-15-33-23)26(34-24)29-28-17-20-9-13-22(32-4)14-10-20/h5-17H,18H2,1-4H3/b24-16-,28-17+,29-26-. The smallest absolute Gasteiger partial charge is 0.267 e. The van der Waals surface area contributed by atoms with Crippen molar-refractivity contribution in [3.05, 3.63) is 94.3 Å². The van der Waals surface area contributed by atoms with E-state index in [4.69, 9.17) is 9.15 Å². The summed E-state index contributed by atoms with van der Waals surface area (Å²) in [6.45, 7) is 6.83. The molecule has 6 nitrogen and oxygen atoms in total. The summed E-state index contributed by atoms with van der Waals surface area (Å²) in [5.74, 6) is 1.33. The summed E-state index contributed by atoms with van der Waals surface area (Å²) >= 11 is 1.31. The Morgan fingerprint density at radius 2 is 1.74 bits per heavy atom. The van der Waals surface area contributed by atoms with Crippen LogP contribution in [0.25, 0.3) is 6.08 Å². The summed E-state index contributed by atoms with van der Waals surface area (Å²) in [5.41, 5.74) is 3.16. The topological polar surface area (TPSA) is 67.4 Å². The zero-order chi connectivity index (χ0) is 24.1. The molecule has 2 aromatic carbocycles. The van der Waals surface area contributed by atoms with Crippen molar-refractivity contribution < 1.29 is 13.9 Å². The van der Waals surface area contributed by atoms with Gasteiger partial charge in [-0.05, 0) is 76.3 Å². The molecule has 0 unspecified atom stereocenters. The second kappa shape index (κ2) is 10.1. The molecule has 1 aliphatic heterocycles. The van der Waals surface area contributed by atoms with Gasteiger partial charge in [0.2, 0.25) is 0 Å². The minimum atomic E-state index is -0.125. The van der Waals surface area contributed by atoms with E-state index in [0.717, 1.165) is 16.9 Å². The number of nitrogens with zero attached hydrogens (tertiary/aromatic N) is 3. The molecule has 34 heavy (non-hydrogen) atoms. The predicted octanol–water partition coefficient (Wildman–Crippen LogP) is 6.09. The summed E-state index contributed by atoms with van der Waals surface area (Å²) in [4.78, 5) is 15.4. The molecule has 0 spiro atoms. The molecule has 0 bridgehead atoms. The van der Waals surface area contributed by atoms with E-state index in [2.05, 4.69) is 43.1 Å². The summed E-state index contributed by atoms with van der Waals surface area (Å²) in [6, 6.07) is 19.4. The number of carbonyl (C=O) groups is 1. The SMILES string of the molecule is COc1ccc(/C=N/N=C2\S/C(=C\c3ccc(C(C)(C)C)cc3)C(=O)N2Cc2ccco2)cc1. The Kier molecular flexibility index (Phi) is 7.03. The van der Waals surface area contributed by atoms with E-state index in [0.29, 0.717) is 15.8 Å². The van der Waals surface area contributed by atoms with Gasteiger partial charge in [-0.3, -0.25) is 9.69 Å². The molecule has 1 fully saturated rings. The Balaban J connectivity index is 1.58. The number of thioether (sulfide) groups is 1. The highest BCUT2D eigenvalue weighted by atomic mass is 32.2. The van der Waals surface area contributed by atoms with Crippen LogP contribution in [0.3, 0.4) is 0 Å². The molecule has 0 radical (unpaired) electrons. The van der Waals surface area contributed by atoms with Crippen LogP contribution in [0.2, 0.25) is 0 Å². The Morgan fingerprint density at radius 3 is 2.35 bits per heavy atom. The van der Waals surface area contributed by atoms with Gasteiger partial charge in [0.15, 0.2) is 5.17 Å². The number of rotatable bonds is 6. The number of ether oxygens (including phenoxy) is 1. The molecule has 1 amide bonds. The van der Waals surface area contributed by atoms with Crippen molar-refractivity contribution in [1.82, 2.24) is 4.90 Å². The third-order valence-electron chi connectivity index (χ3n) is 5.32. The van der Waals surface area contributed by atoms with E-state index in [9.17, 15) is 4.79 Å². The summed E-state index contributed by atoms with van der Waals surface area (Å²) in [5, 5.41) is 9.08. The highest BCUT2D eigenvalue weighted by molar-refractivity contribution is 8.18. The van der Waals surface area contributed by atoms with Crippen molar-refractivity contribution in [3.63, 3.8) is 0 Å². The first-order chi connectivity index (χ1) is 16.3. The molecule has 0 aliphatic carbocycles. The molecular weight excluding hydrogens is 446 g/mol. The zero-order valence-electron chi connectivity index (χ0n) is 19.7. The Hall–Kier alpha value is -3.58. The van der Waals surface area contributed by atoms with E-state index in [-0.39, 0.29) is 17.9 Å². The maximum atomic E-state index is 13.2. The molecule has 1 aliphatic rings. The van der Waals surface area contributed by atoms with Crippen LogP contribution in [0, 0.1) is 0 Å². The van der Waals surface area contributed by atoms with E-state index in [1.54, 1.807) is 30.6 Å². The first-order valence-corrected chi connectivity index (χ1v) is 11.7. The fraction of sp³-hybridized carbons (Fsp3) is 0.222. The third kappa shape index (κ3) is 5.66. The highest BCUT2D eigenvalue weighted by Crippen LogP contribution is 2.34. The number of hydrogen-bond acceptors (Lipinski definition) is 6. The van der Waals surface area contributed by atoms with Crippen molar-refractivity contribution >= 4 is 35.1 Å². The maximum absolute atomic E-state index is 13.2. The van der Waals surface area contributed by atoms with Crippen molar-refractivity contribution in [2.75, 3.05) is 7.11 Å². The molecule has 4 rings (SSSR count). The van der Waals surface area contributed by atoms with Crippen LogP contribution < -0.4 is 4.74 Å². The van der Waals surface area contributed by atoms with Crippen LogP contribution in [0.5, 0.6) is 5.75 Å². The minimum absolute atomic E-state index is 0.0746. The van der Waals surface area contributed by atoms with Crippen LogP contribution in [-0.2, 0) is 16.8 Å². The average Bonchev–Trinajstić information content (AvgIpc) is 3.44. The number of hydrogen-bond donors (Lipinski definition) is 0. The quantitative estimate of drug-likeness (QED) is 0.247. The van der Waals surface area contributed by atoms with E-state index in [1.165, 1.54) is 17.3 Å². The number of benzene rings is 2. The van der Waals surface area contributed by atoms with Gasteiger partial charge in [0, 0.05) is 0 Å². The number of amidine groups is 1. The van der Waals surface area contributed by atoms with Gasteiger partial charge in [0.1, 0.15) is 11.5 Å². The monoisotopic (exact) mass is 473 g/mol. The normalized spacial score (nSPS) is 16.8. The second-order valence-electron chi connectivity index (χ2n) is 8.85. The number of methoxy groups -OCH3 is 1. The van der Waals surface area contributed by atoms with Crippen molar-refractivity contribution in [2.24, 2.45) is 10.2 Å². The van der Waals surface area contributed by atoms with Gasteiger partial charge in [-0.25, -0.2) is 0 Å². The zero-order valence-corrected chi connectivity index (χ0v) is 20.5. The van der Waals surface area contributed by atoms with Crippen LogP contribution in [0.1, 0.15) is 43.2 Å². The van der Waals surface area contributed by atoms with Gasteiger partial charge in [0.25, 0.3) is 5.91 Å². The summed E-state index contributed by atoms with van der Waals surface area (Å²) in [6.07, 6.45) is 5.13. The number of carbonyl (C=O) groups excluding carboxylic acids is 1. The Morgan fingerprint density at radius 1 is 1.03 bits per heavy atom. The lowest BCUT2D eigenvalue weighted by atomic mass is 9.87. The van der Waals surface area contributed by atoms with Crippen molar-refractivity contribution in [1.29, 1.82) is 0 Å². The van der Waals surface area contributed by atoms with Gasteiger partial charge in [-0.2, -0.15) is 5.10 Å². The molecule has 7 heteroatoms. The molecule has 0 atom stereocenters. The second-order valence-corrected chi connectivity index (χ2v) is 9.86. The van der Waals surface area contributed by atoms with Gasteiger partial charge in [0.05, 0.1) is 31.0 Å². The van der Waals surface area contributed by atoms with E-state index >= 15 is 0 Å². The molecular formula is C27H27N3O3S. The van der Waals surface area contributed by atoms with Crippen LogP contribution in [0.15, 0.2) is 86.5 Å². The largest absolute Gasteiger partial charge is 0.497 e. The maximum Gasteiger partial charge on any atom is 0.267 e. The van der Waals surface area contributed by atoms with E-state index in [1.807, 2.05) is 48.5 Å². The Bertz CT molecular complexity index is 1220. The lowest BCUT2D eigenvalue weighted by Crippen LogP contribution is -2.28. The number of amides is 1. The Labute approximate surface area is 204 Å². The molecule has 1 aromatic heterocycles. The molecule has 0 N–H and O–H groups in total. The summed E-state index contributed by atoms with van der Waals surface area (Å²) < 4.78 is 10.6. The van der Waals surface area contributed by atoms with Crippen molar-refractivity contribution in [3.8, 4) is 5.75 Å². The average molecular weight is 474 g/mol. The molecule has 0 saturated carbocycles. The van der Waals surface area contributed by atoms with E-state index < -0.39 is 0 Å². The fourth-order valence-corrected chi connectivity index (χ4v) is 4.28. The molecule has 3 aromatic rings. The highest BCUT2D eigenvalue weighted by Gasteiger charge is 2.34. The van der Waals surface area contributed by atoms with Gasteiger partial charge >= 0.3 is 0 Å². The lowest BCUT2D eigenvalue weighted by molar-refractivity contribution is -0.122. The predicted molar refractivity (Wildman–Crippen MR) is 138 cm³/mol. The first kappa shape index (κ1) is 23.6. The van der Waals surface area contributed by atoms with Gasteiger partial charge in [-0.15, -0.1) is 5.10 Å². The van der Waals surface area contributed by atoms with Crippen molar-refractivity contribution in [2.45, 2.75) is 32.7 Å². The van der Waals surface area contributed by atoms with Crippen LogP contribution in [0.4, 0.5) is 0 Å². The summed E-state index contributed by atoms with van der Waals surface area (Å²) in [7, 11) is 1.63. The minimum Gasteiger partial charge on any atom is -0.497 e. The number of furan rings is 1. The molecule has 174 valence electrons. The van der Waals surface area contributed by atoms with Gasteiger partial charge < -0.3 is 9.15 Å². The van der Waals surface area contributed by atoms with Crippen LogP contribution in [-0.4, -0.2) is 29.3 Å². The third-order valence-corrected chi connectivity index (χ3v) is 6.32. The van der Waals surface area contributed by atoms with Gasteiger partial charge in [-0.1, -0.05) is 45.0 Å². The molecule has 1 saturated heterocycles. The molecule has 2 heterocycles.